The average molecular weight is 448 g/mol. The van der Waals surface area contributed by atoms with Crippen molar-refractivity contribution < 1.29 is 28.5 Å². The summed E-state index contributed by atoms with van der Waals surface area (Å²) in [5.41, 5.74) is 0.790. The second kappa shape index (κ2) is 10.5. The summed E-state index contributed by atoms with van der Waals surface area (Å²) in [6.07, 6.45) is 1.47. The van der Waals surface area contributed by atoms with Crippen molar-refractivity contribution in [2.45, 2.75) is 44.1 Å². The Labute approximate surface area is 186 Å². The average Bonchev–Trinajstić information content (AvgIpc) is 3.66. The Balaban J connectivity index is 1.57. The third-order valence-corrected chi connectivity index (χ3v) is 5.70. The van der Waals surface area contributed by atoms with E-state index in [0.29, 0.717) is 49.6 Å². The first-order chi connectivity index (χ1) is 15.6. The monoisotopic (exact) mass is 447 g/mol. The van der Waals surface area contributed by atoms with Crippen molar-refractivity contribution in [3.8, 4) is 5.75 Å². The van der Waals surface area contributed by atoms with E-state index in [2.05, 4.69) is 10.3 Å². The van der Waals surface area contributed by atoms with Crippen LogP contribution in [0.2, 0.25) is 0 Å². The Morgan fingerprint density at radius 2 is 2.19 bits per heavy atom. The van der Waals surface area contributed by atoms with E-state index in [1.807, 2.05) is 0 Å². The molecule has 2 fully saturated rings. The molecule has 8 nitrogen and oxygen atoms in total. The molecule has 0 bridgehead atoms. The van der Waals surface area contributed by atoms with E-state index in [-0.39, 0.29) is 30.6 Å². The number of hydrogen-bond donors (Lipinski definition) is 2. The van der Waals surface area contributed by atoms with Crippen molar-refractivity contribution in [3.05, 3.63) is 35.8 Å². The largest absolute Gasteiger partial charge is 0.493 e. The number of aliphatic hydroxyl groups excluding tert-OH is 1. The van der Waals surface area contributed by atoms with Crippen LogP contribution >= 0.6 is 0 Å². The van der Waals surface area contributed by atoms with Gasteiger partial charge in [0.1, 0.15) is 23.2 Å². The standard InChI is InChI=1S/C23H30FN3O5/c1-30-8-3-9-31-20-10-15(26-22-18(20)4-2-5-19(22)24)13-27(16-6-7-16)23(29)21-12-25-11-17(14-28)32-21/h2,4-5,10,16-17,21,25,28H,3,6-9,11-14H2,1H3. The molecule has 2 aromatic rings. The number of carbonyl (C=O) groups is 1. The number of carbonyl (C=O) groups excluding carboxylic acids is 1. The molecule has 0 spiro atoms. The maximum atomic E-state index is 14.6. The Morgan fingerprint density at radius 3 is 2.94 bits per heavy atom. The van der Waals surface area contributed by atoms with Gasteiger partial charge in [0.05, 0.1) is 31.6 Å². The van der Waals surface area contributed by atoms with Gasteiger partial charge in [-0.2, -0.15) is 0 Å². The van der Waals surface area contributed by atoms with Crippen LogP contribution in [0.3, 0.4) is 0 Å². The second-order valence-corrected chi connectivity index (χ2v) is 8.23. The van der Waals surface area contributed by atoms with E-state index >= 15 is 0 Å². The maximum absolute atomic E-state index is 14.6. The summed E-state index contributed by atoms with van der Waals surface area (Å²) in [4.78, 5) is 19.5. The van der Waals surface area contributed by atoms with Gasteiger partial charge in [-0.1, -0.05) is 6.07 Å². The highest BCUT2D eigenvalue weighted by atomic mass is 19.1. The number of ether oxygens (including phenoxy) is 3. The topological polar surface area (TPSA) is 93.2 Å². The van der Waals surface area contributed by atoms with E-state index in [4.69, 9.17) is 14.2 Å². The molecule has 2 unspecified atom stereocenters. The first-order valence-corrected chi connectivity index (χ1v) is 11.1. The van der Waals surface area contributed by atoms with Crippen LogP contribution in [-0.4, -0.2) is 79.2 Å². The number of halogens is 1. The Hall–Kier alpha value is -2.33. The molecule has 2 atom stereocenters. The zero-order valence-corrected chi connectivity index (χ0v) is 18.3. The highest BCUT2D eigenvalue weighted by molar-refractivity contribution is 5.86. The van der Waals surface area contributed by atoms with E-state index in [0.717, 1.165) is 12.8 Å². The van der Waals surface area contributed by atoms with Gasteiger partial charge in [0.15, 0.2) is 0 Å². The minimum absolute atomic E-state index is 0.116. The smallest absolute Gasteiger partial charge is 0.253 e. The van der Waals surface area contributed by atoms with Crippen LogP contribution in [-0.2, 0) is 20.8 Å². The second-order valence-electron chi connectivity index (χ2n) is 8.23. The van der Waals surface area contributed by atoms with Crippen LogP contribution in [0, 0.1) is 5.82 Å². The Kier molecular flexibility index (Phi) is 7.51. The van der Waals surface area contributed by atoms with E-state index in [1.165, 1.54) is 6.07 Å². The molecular weight excluding hydrogens is 417 g/mol. The molecule has 1 aliphatic carbocycles. The lowest BCUT2D eigenvalue weighted by atomic mass is 10.1. The molecule has 174 valence electrons. The number of nitrogens with one attached hydrogen (secondary N) is 1. The van der Waals surface area contributed by atoms with E-state index < -0.39 is 18.0 Å². The Morgan fingerprint density at radius 1 is 1.34 bits per heavy atom. The summed E-state index contributed by atoms with van der Waals surface area (Å²) in [5, 5.41) is 13.1. The van der Waals surface area contributed by atoms with Crippen LogP contribution < -0.4 is 10.1 Å². The lowest BCUT2D eigenvalue weighted by Gasteiger charge is -2.33. The van der Waals surface area contributed by atoms with E-state index in [1.54, 1.807) is 30.2 Å². The number of amides is 1. The van der Waals surface area contributed by atoms with Crippen LogP contribution in [0.5, 0.6) is 5.75 Å². The normalized spacial score (nSPS) is 21.0. The number of aromatic nitrogens is 1. The molecule has 1 aliphatic heterocycles. The highest BCUT2D eigenvalue weighted by Crippen LogP contribution is 2.32. The fraction of sp³-hybridized carbons (Fsp3) is 0.565. The minimum atomic E-state index is -0.663. The lowest BCUT2D eigenvalue weighted by Crippen LogP contribution is -2.53. The molecule has 1 aromatic heterocycles. The van der Waals surface area contributed by atoms with Crippen LogP contribution in [0.4, 0.5) is 4.39 Å². The molecule has 1 saturated heterocycles. The molecular formula is C23H30FN3O5. The number of morpholine rings is 1. The van der Waals surface area contributed by atoms with Crippen molar-refractivity contribution >= 4 is 16.8 Å². The maximum Gasteiger partial charge on any atom is 0.253 e. The first-order valence-electron chi connectivity index (χ1n) is 11.1. The Bertz CT molecular complexity index is 939. The van der Waals surface area contributed by atoms with Crippen LogP contribution in [0.15, 0.2) is 24.3 Å². The molecule has 1 amide bonds. The number of aliphatic hydroxyl groups is 1. The van der Waals surface area contributed by atoms with Gasteiger partial charge in [0.25, 0.3) is 5.91 Å². The van der Waals surface area contributed by atoms with Gasteiger partial charge in [0, 0.05) is 50.7 Å². The fourth-order valence-corrected chi connectivity index (χ4v) is 3.91. The van der Waals surface area contributed by atoms with Crippen molar-refractivity contribution in [2.75, 3.05) is 40.0 Å². The van der Waals surface area contributed by atoms with Crippen molar-refractivity contribution in [1.82, 2.24) is 15.2 Å². The number of fused-ring (bicyclic) bond motifs is 1. The van der Waals surface area contributed by atoms with Gasteiger partial charge in [-0.25, -0.2) is 9.37 Å². The third kappa shape index (κ3) is 5.35. The van der Waals surface area contributed by atoms with Crippen molar-refractivity contribution in [1.29, 1.82) is 0 Å². The van der Waals surface area contributed by atoms with Gasteiger partial charge in [-0.15, -0.1) is 0 Å². The molecule has 2 aliphatic rings. The predicted octanol–water partition coefficient (Wildman–Crippen LogP) is 1.63. The van der Waals surface area contributed by atoms with Gasteiger partial charge < -0.3 is 29.5 Å². The lowest BCUT2D eigenvalue weighted by molar-refractivity contribution is -0.153. The number of rotatable bonds is 10. The molecule has 1 aromatic carbocycles. The zero-order chi connectivity index (χ0) is 22.5. The van der Waals surface area contributed by atoms with Gasteiger partial charge in [-0.3, -0.25) is 4.79 Å². The summed E-state index contributed by atoms with van der Waals surface area (Å²) in [5.74, 6) is -0.0307. The van der Waals surface area contributed by atoms with Crippen LogP contribution in [0.1, 0.15) is 25.0 Å². The number of para-hydroxylation sites is 1. The molecule has 9 heteroatoms. The number of benzene rings is 1. The highest BCUT2D eigenvalue weighted by Gasteiger charge is 2.38. The first kappa shape index (κ1) is 22.8. The zero-order valence-electron chi connectivity index (χ0n) is 18.3. The SMILES string of the molecule is COCCCOc1cc(CN(C(=O)C2CNCC(CO)O2)C2CC2)nc2c(F)cccc12. The molecule has 1 saturated carbocycles. The fourth-order valence-electron chi connectivity index (χ4n) is 3.91. The van der Waals surface area contributed by atoms with Gasteiger partial charge in [-0.05, 0) is 25.0 Å². The molecule has 0 radical (unpaired) electrons. The minimum Gasteiger partial charge on any atom is -0.493 e. The predicted molar refractivity (Wildman–Crippen MR) is 116 cm³/mol. The number of hydrogen-bond acceptors (Lipinski definition) is 7. The molecule has 4 rings (SSSR count). The quantitative estimate of drug-likeness (QED) is 0.535. The molecule has 2 N–H and O–H groups in total. The molecule has 32 heavy (non-hydrogen) atoms. The molecule has 2 heterocycles. The van der Waals surface area contributed by atoms with E-state index in [9.17, 15) is 14.3 Å². The van der Waals surface area contributed by atoms with Gasteiger partial charge in [0.2, 0.25) is 0 Å². The number of methoxy groups -OCH3 is 1. The van der Waals surface area contributed by atoms with Gasteiger partial charge >= 0.3 is 0 Å². The number of pyridine rings is 1. The third-order valence-electron chi connectivity index (χ3n) is 5.70. The summed E-state index contributed by atoms with van der Waals surface area (Å²) in [7, 11) is 1.63. The van der Waals surface area contributed by atoms with Crippen molar-refractivity contribution in [3.63, 3.8) is 0 Å². The summed E-state index contributed by atoms with van der Waals surface area (Å²) < 4.78 is 31.3. The summed E-state index contributed by atoms with van der Waals surface area (Å²) in [6.45, 7) is 2.00. The van der Waals surface area contributed by atoms with Crippen molar-refractivity contribution in [2.24, 2.45) is 0 Å². The number of nitrogens with zero attached hydrogens (tertiary/aromatic N) is 2. The summed E-state index contributed by atoms with van der Waals surface area (Å²) in [6, 6.07) is 6.68. The summed E-state index contributed by atoms with van der Waals surface area (Å²) >= 11 is 0. The van der Waals surface area contributed by atoms with Crippen LogP contribution in [0.25, 0.3) is 10.9 Å².